The molecule has 3 atom stereocenters. The molecule has 0 aliphatic rings. The van der Waals surface area contributed by atoms with E-state index in [-0.39, 0.29) is 12.3 Å². The van der Waals surface area contributed by atoms with Crippen molar-refractivity contribution in [3.63, 3.8) is 0 Å². The maximum absolute atomic E-state index is 12.3. The molecule has 3 amide bonds. The number of amides is 3. The summed E-state index contributed by atoms with van der Waals surface area (Å²) in [6, 6.07) is -3.22. The molecule has 0 rings (SSSR count). The fraction of sp³-hybridized carbons (Fsp3) is 0.733. The SMILES string of the molecule is CSCCC(N)C(=O)NC(CC(N)=O)C(=O)NC(CC(C)C)C(=O)O. The van der Waals surface area contributed by atoms with Gasteiger partial charge >= 0.3 is 5.97 Å². The molecule has 0 heterocycles. The lowest BCUT2D eigenvalue weighted by Crippen LogP contribution is -2.55. The molecule has 0 spiro atoms. The number of carbonyl (C=O) groups excluding carboxylic acids is 3. The lowest BCUT2D eigenvalue weighted by molar-refractivity contribution is -0.142. The van der Waals surface area contributed by atoms with E-state index in [0.29, 0.717) is 12.2 Å². The van der Waals surface area contributed by atoms with Gasteiger partial charge < -0.3 is 27.2 Å². The van der Waals surface area contributed by atoms with Gasteiger partial charge in [0.2, 0.25) is 17.7 Å². The molecule has 0 saturated carbocycles. The Morgan fingerprint density at radius 1 is 1.08 bits per heavy atom. The van der Waals surface area contributed by atoms with Crippen LogP contribution in [0.3, 0.4) is 0 Å². The van der Waals surface area contributed by atoms with Crippen molar-refractivity contribution in [2.45, 2.75) is 51.2 Å². The van der Waals surface area contributed by atoms with E-state index in [1.165, 1.54) is 11.8 Å². The summed E-state index contributed by atoms with van der Waals surface area (Å²) in [5, 5.41) is 13.9. The lowest BCUT2D eigenvalue weighted by Gasteiger charge is -2.22. The summed E-state index contributed by atoms with van der Waals surface area (Å²) in [4.78, 5) is 46.8. The van der Waals surface area contributed by atoms with Crippen molar-refractivity contribution in [2.24, 2.45) is 17.4 Å². The van der Waals surface area contributed by atoms with Gasteiger partial charge in [-0.2, -0.15) is 11.8 Å². The van der Waals surface area contributed by atoms with Crippen LogP contribution in [-0.4, -0.2) is 58.9 Å². The smallest absolute Gasteiger partial charge is 0.326 e. The van der Waals surface area contributed by atoms with Crippen LogP contribution in [-0.2, 0) is 19.2 Å². The molecule has 0 radical (unpaired) electrons. The number of nitrogens with one attached hydrogen (secondary N) is 2. The second-order valence-corrected chi connectivity index (χ2v) is 7.13. The molecule has 0 aliphatic heterocycles. The molecule has 0 bridgehead atoms. The fourth-order valence-corrected chi connectivity index (χ4v) is 2.52. The van der Waals surface area contributed by atoms with Gasteiger partial charge in [0.1, 0.15) is 12.1 Å². The quantitative estimate of drug-likeness (QED) is 0.293. The van der Waals surface area contributed by atoms with Crippen LogP contribution in [0, 0.1) is 5.92 Å². The minimum Gasteiger partial charge on any atom is -0.480 e. The van der Waals surface area contributed by atoms with E-state index < -0.39 is 48.2 Å². The van der Waals surface area contributed by atoms with E-state index in [0.717, 1.165) is 0 Å². The molecule has 0 aliphatic carbocycles. The second kappa shape index (κ2) is 11.7. The molecule has 0 fully saturated rings. The molecule has 0 aromatic carbocycles. The first-order chi connectivity index (χ1) is 11.6. The van der Waals surface area contributed by atoms with Crippen LogP contribution in [0.25, 0.3) is 0 Å². The Hall–Kier alpha value is -1.81. The zero-order valence-corrected chi connectivity index (χ0v) is 15.6. The molecule has 25 heavy (non-hydrogen) atoms. The predicted molar refractivity (Wildman–Crippen MR) is 95.7 cm³/mol. The molecule has 0 aromatic rings. The molecular formula is C15H28N4O5S. The second-order valence-electron chi connectivity index (χ2n) is 6.15. The minimum absolute atomic E-state index is 0.0329. The molecule has 0 aromatic heterocycles. The maximum atomic E-state index is 12.3. The standard InChI is InChI=1S/C15H28N4O5S/c1-8(2)6-11(15(23)24)19-14(22)10(7-12(17)20)18-13(21)9(16)4-5-25-3/h8-11H,4-7,16H2,1-3H3,(H2,17,20)(H,18,21)(H,19,22)(H,23,24). The summed E-state index contributed by atoms with van der Waals surface area (Å²) < 4.78 is 0. The first-order valence-electron chi connectivity index (χ1n) is 7.94. The van der Waals surface area contributed by atoms with Crippen molar-refractivity contribution >= 4 is 35.5 Å². The summed E-state index contributed by atoms with van der Waals surface area (Å²) in [5.41, 5.74) is 10.8. The number of hydrogen-bond donors (Lipinski definition) is 5. The van der Waals surface area contributed by atoms with Crippen LogP contribution in [0.15, 0.2) is 0 Å². The van der Waals surface area contributed by atoms with Gasteiger partial charge in [-0.1, -0.05) is 13.8 Å². The molecule has 3 unspecified atom stereocenters. The predicted octanol–water partition coefficient (Wildman–Crippen LogP) is -0.957. The number of hydrogen-bond acceptors (Lipinski definition) is 6. The van der Waals surface area contributed by atoms with Gasteiger partial charge in [0.05, 0.1) is 12.5 Å². The summed E-state index contributed by atoms with van der Waals surface area (Å²) in [7, 11) is 0. The number of carboxylic acid groups (broad SMARTS) is 1. The third kappa shape index (κ3) is 9.92. The summed E-state index contributed by atoms with van der Waals surface area (Å²) >= 11 is 1.52. The van der Waals surface area contributed by atoms with E-state index in [9.17, 15) is 24.3 Å². The zero-order valence-electron chi connectivity index (χ0n) is 14.8. The van der Waals surface area contributed by atoms with Gasteiger partial charge in [-0.25, -0.2) is 4.79 Å². The van der Waals surface area contributed by atoms with Crippen LogP contribution >= 0.6 is 11.8 Å². The van der Waals surface area contributed by atoms with Crippen molar-refractivity contribution in [1.82, 2.24) is 10.6 Å². The highest BCUT2D eigenvalue weighted by Crippen LogP contribution is 2.06. The Labute approximate surface area is 151 Å². The summed E-state index contributed by atoms with van der Waals surface area (Å²) in [5.74, 6) is -2.66. The average Bonchev–Trinajstić information content (AvgIpc) is 2.49. The third-order valence-corrected chi connectivity index (χ3v) is 3.97. The number of nitrogens with two attached hydrogens (primary N) is 2. The van der Waals surface area contributed by atoms with Gasteiger partial charge in [0.25, 0.3) is 0 Å². The normalized spacial score (nSPS) is 14.4. The van der Waals surface area contributed by atoms with E-state index in [4.69, 9.17) is 11.5 Å². The highest BCUT2D eigenvalue weighted by atomic mass is 32.2. The summed E-state index contributed by atoms with van der Waals surface area (Å²) in [6.07, 6.45) is 2.05. The van der Waals surface area contributed by atoms with Crippen molar-refractivity contribution < 1.29 is 24.3 Å². The number of carboxylic acids is 1. The molecule has 0 saturated heterocycles. The van der Waals surface area contributed by atoms with E-state index >= 15 is 0 Å². The molecule has 10 heteroatoms. The van der Waals surface area contributed by atoms with Crippen molar-refractivity contribution in [1.29, 1.82) is 0 Å². The number of carbonyl (C=O) groups is 4. The van der Waals surface area contributed by atoms with Crippen LogP contribution in [0.5, 0.6) is 0 Å². The largest absolute Gasteiger partial charge is 0.480 e. The highest BCUT2D eigenvalue weighted by molar-refractivity contribution is 7.98. The van der Waals surface area contributed by atoms with Crippen LogP contribution in [0.2, 0.25) is 0 Å². The minimum atomic E-state index is -1.26. The van der Waals surface area contributed by atoms with Gasteiger partial charge in [-0.15, -0.1) is 0 Å². The van der Waals surface area contributed by atoms with E-state index in [1.807, 2.05) is 20.1 Å². The summed E-state index contributed by atoms with van der Waals surface area (Å²) in [6.45, 7) is 3.63. The zero-order chi connectivity index (χ0) is 19.6. The first kappa shape index (κ1) is 23.2. The highest BCUT2D eigenvalue weighted by Gasteiger charge is 2.29. The Kier molecular flexibility index (Phi) is 10.8. The van der Waals surface area contributed by atoms with Crippen LogP contribution in [0.4, 0.5) is 0 Å². The Morgan fingerprint density at radius 3 is 2.08 bits per heavy atom. The van der Waals surface area contributed by atoms with Gasteiger partial charge in [-0.05, 0) is 30.8 Å². The average molecular weight is 376 g/mol. The van der Waals surface area contributed by atoms with Crippen molar-refractivity contribution in [3.05, 3.63) is 0 Å². The molecule has 7 N–H and O–H groups in total. The third-order valence-electron chi connectivity index (χ3n) is 3.33. The van der Waals surface area contributed by atoms with Crippen molar-refractivity contribution in [2.75, 3.05) is 12.0 Å². The number of aliphatic carboxylic acids is 1. The lowest BCUT2D eigenvalue weighted by atomic mass is 10.0. The Balaban J connectivity index is 4.99. The maximum Gasteiger partial charge on any atom is 0.326 e. The van der Waals surface area contributed by atoms with E-state index in [1.54, 1.807) is 0 Å². The first-order valence-corrected chi connectivity index (χ1v) is 9.34. The number of rotatable bonds is 12. The Morgan fingerprint density at radius 2 is 1.64 bits per heavy atom. The molecule has 9 nitrogen and oxygen atoms in total. The topological polar surface area (TPSA) is 165 Å². The van der Waals surface area contributed by atoms with Gasteiger partial charge in [-0.3, -0.25) is 14.4 Å². The molecular weight excluding hydrogens is 348 g/mol. The van der Waals surface area contributed by atoms with E-state index in [2.05, 4.69) is 10.6 Å². The fourth-order valence-electron chi connectivity index (χ4n) is 2.03. The van der Waals surface area contributed by atoms with Crippen LogP contribution in [0.1, 0.15) is 33.1 Å². The molecule has 144 valence electrons. The van der Waals surface area contributed by atoms with Crippen molar-refractivity contribution in [3.8, 4) is 0 Å². The van der Waals surface area contributed by atoms with Gasteiger partial charge in [0.15, 0.2) is 0 Å². The number of thioether (sulfide) groups is 1. The van der Waals surface area contributed by atoms with Gasteiger partial charge in [0, 0.05) is 0 Å². The monoisotopic (exact) mass is 376 g/mol. The Bertz CT molecular complexity index is 487. The number of primary amides is 1. The van der Waals surface area contributed by atoms with Crippen LogP contribution < -0.4 is 22.1 Å².